The molecule has 31 heavy (non-hydrogen) atoms. The third-order valence-corrected chi connectivity index (χ3v) is 5.32. The van der Waals surface area contributed by atoms with E-state index in [0.29, 0.717) is 31.7 Å². The molecule has 0 radical (unpaired) electrons. The molecule has 0 bridgehead atoms. The van der Waals surface area contributed by atoms with Crippen molar-refractivity contribution in [3.63, 3.8) is 0 Å². The molecule has 1 aliphatic heterocycles. The molecule has 1 aliphatic rings. The van der Waals surface area contributed by atoms with Crippen LogP contribution in [0.3, 0.4) is 0 Å². The van der Waals surface area contributed by atoms with Crippen LogP contribution in [0.15, 0.2) is 64.2 Å². The first-order valence-corrected chi connectivity index (χ1v) is 9.96. The monoisotopic (exact) mass is 423 g/mol. The predicted octanol–water partition coefficient (Wildman–Crippen LogP) is 0.969. The van der Waals surface area contributed by atoms with E-state index in [1.165, 1.54) is 23.1 Å². The highest BCUT2D eigenvalue weighted by molar-refractivity contribution is 5.92. The smallest absolute Gasteiger partial charge is 0.335 e. The van der Waals surface area contributed by atoms with E-state index in [1.54, 1.807) is 30.3 Å². The molecule has 1 aromatic heterocycles. The fourth-order valence-electron chi connectivity index (χ4n) is 3.49. The molecule has 2 aromatic carbocycles. The molecule has 0 aliphatic carbocycles. The SMILES string of the molecule is CN1CCN(C(=O)c2nn(-c3ccccc3F)c(=O)n(Cc3ccccc3)c2=O)CC1. The van der Waals surface area contributed by atoms with Gasteiger partial charge in [0.05, 0.1) is 6.54 Å². The summed E-state index contributed by atoms with van der Waals surface area (Å²) in [6.45, 7) is 2.15. The zero-order valence-electron chi connectivity index (χ0n) is 17.1. The number of rotatable bonds is 4. The van der Waals surface area contributed by atoms with E-state index in [0.717, 1.165) is 9.25 Å². The molecule has 8 nitrogen and oxygen atoms in total. The van der Waals surface area contributed by atoms with Crippen LogP contribution in [-0.4, -0.2) is 63.3 Å². The van der Waals surface area contributed by atoms with Crippen molar-refractivity contribution in [3.8, 4) is 5.69 Å². The van der Waals surface area contributed by atoms with Crippen molar-refractivity contribution < 1.29 is 9.18 Å². The van der Waals surface area contributed by atoms with Gasteiger partial charge >= 0.3 is 5.69 Å². The summed E-state index contributed by atoms with van der Waals surface area (Å²) in [5.41, 5.74) is -1.42. The normalized spacial score (nSPS) is 14.6. The van der Waals surface area contributed by atoms with E-state index in [1.807, 2.05) is 13.1 Å². The number of aromatic nitrogens is 3. The van der Waals surface area contributed by atoms with Crippen molar-refractivity contribution >= 4 is 5.91 Å². The summed E-state index contributed by atoms with van der Waals surface area (Å²) < 4.78 is 16.2. The summed E-state index contributed by atoms with van der Waals surface area (Å²) in [5.74, 6) is -1.25. The molecule has 160 valence electrons. The Bertz CT molecular complexity index is 1210. The summed E-state index contributed by atoms with van der Waals surface area (Å²) in [5, 5.41) is 4.03. The standard InChI is InChI=1S/C22H22FN5O3/c1-25-11-13-26(14-12-25)20(29)19-21(30)27(15-16-7-3-2-4-8-16)22(31)28(24-19)18-10-6-5-9-17(18)23/h2-10H,11-15H2,1H3. The molecular formula is C22H22FN5O3. The van der Waals surface area contributed by atoms with Crippen LogP contribution < -0.4 is 11.2 Å². The average molecular weight is 423 g/mol. The van der Waals surface area contributed by atoms with Crippen LogP contribution in [0.25, 0.3) is 5.69 Å². The first-order valence-electron chi connectivity index (χ1n) is 9.96. The molecule has 0 spiro atoms. The second-order valence-corrected chi connectivity index (χ2v) is 7.47. The number of para-hydroxylation sites is 1. The minimum Gasteiger partial charge on any atom is -0.335 e. The van der Waals surface area contributed by atoms with E-state index in [2.05, 4.69) is 10.00 Å². The van der Waals surface area contributed by atoms with Crippen molar-refractivity contribution in [2.24, 2.45) is 0 Å². The van der Waals surface area contributed by atoms with Crippen molar-refractivity contribution in [1.82, 2.24) is 24.1 Å². The largest absolute Gasteiger partial charge is 0.352 e. The maximum atomic E-state index is 14.5. The van der Waals surface area contributed by atoms with E-state index >= 15 is 0 Å². The van der Waals surface area contributed by atoms with Crippen LogP contribution in [0, 0.1) is 5.82 Å². The summed E-state index contributed by atoms with van der Waals surface area (Å²) in [4.78, 5) is 43.0. The number of carbonyl (C=O) groups is 1. The Balaban J connectivity index is 1.86. The second kappa shape index (κ2) is 8.65. The van der Waals surface area contributed by atoms with Crippen LogP contribution in [0.4, 0.5) is 4.39 Å². The van der Waals surface area contributed by atoms with Crippen LogP contribution in [0.5, 0.6) is 0 Å². The highest BCUT2D eigenvalue weighted by Crippen LogP contribution is 2.10. The number of hydrogen-bond acceptors (Lipinski definition) is 5. The lowest BCUT2D eigenvalue weighted by molar-refractivity contribution is 0.0652. The van der Waals surface area contributed by atoms with Gasteiger partial charge in [-0.15, -0.1) is 0 Å². The Hall–Kier alpha value is -3.59. The fourth-order valence-corrected chi connectivity index (χ4v) is 3.49. The van der Waals surface area contributed by atoms with E-state index in [9.17, 15) is 18.8 Å². The zero-order chi connectivity index (χ0) is 22.0. The number of benzene rings is 2. The quantitative estimate of drug-likeness (QED) is 0.625. The lowest BCUT2D eigenvalue weighted by atomic mass is 10.2. The number of hydrogen-bond donors (Lipinski definition) is 0. The molecule has 0 N–H and O–H groups in total. The molecule has 0 atom stereocenters. The summed E-state index contributed by atoms with van der Waals surface area (Å²) >= 11 is 0. The first-order chi connectivity index (χ1) is 15.0. The minimum atomic E-state index is -0.811. The van der Waals surface area contributed by atoms with Gasteiger partial charge in [0.25, 0.3) is 11.5 Å². The van der Waals surface area contributed by atoms with Gasteiger partial charge in [0.2, 0.25) is 5.69 Å². The molecule has 0 saturated carbocycles. The Labute approximate surface area is 177 Å². The number of amides is 1. The van der Waals surface area contributed by atoms with Gasteiger partial charge < -0.3 is 9.80 Å². The fraction of sp³-hybridized carbons (Fsp3) is 0.273. The minimum absolute atomic E-state index is 0.0570. The highest BCUT2D eigenvalue weighted by atomic mass is 19.1. The van der Waals surface area contributed by atoms with Gasteiger partial charge in [-0.05, 0) is 24.7 Å². The topological polar surface area (TPSA) is 80.4 Å². The Morgan fingerprint density at radius 3 is 2.29 bits per heavy atom. The van der Waals surface area contributed by atoms with Crippen LogP contribution in [-0.2, 0) is 6.54 Å². The maximum absolute atomic E-state index is 14.5. The Kier molecular flexibility index (Phi) is 5.77. The molecule has 1 amide bonds. The predicted molar refractivity (Wildman–Crippen MR) is 113 cm³/mol. The van der Waals surface area contributed by atoms with E-state index < -0.39 is 28.7 Å². The van der Waals surface area contributed by atoms with Crippen LogP contribution in [0.1, 0.15) is 16.1 Å². The lowest BCUT2D eigenvalue weighted by Crippen LogP contribution is -2.51. The van der Waals surface area contributed by atoms with Crippen molar-refractivity contribution in [3.05, 3.63) is 92.5 Å². The molecule has 9 heteroatoms. The Morgan fingerprint density at radius 1 is 0.968 bits per heavy atom. The average Bonchev–Trinajstić information content (AvgIpc) is 2.78. The van der Waals surface area contributed by atoms with Gasteiger partial charge in [-0.3, -0.25) is 14.2 Å². The summed E-state index contributed by atoms with van der Waals surface area (Å²) in [6.07, 6.45) is 0. The van der Waals surface area contributed by atoms with Gasteiger partial charge in [0.1, 0.15) is 11.5 Å². The number of piperazine rings is 1. The maximum Gasteiger partial charge on any atom is 0.352 e. The van der Waals surface area contributed by atoms with Gasteiger partial charge in [-0.25, -0.2) is 9.18 Å². The number of halogens is 1. The van der Waals surface area contributed by atoms with Crippen molar-refractivity contribution in [2.45, 2.75) is 6.54 Å². The van der Waals surface area contributed by atoms with Gasteiger partial charge in [-0.2, -0.15) is 9.78 Å². The summed E-state index contributed by atoms with van der Waals surface area (Å²) in [6, 6.07) is 14.5. The zero-order valence-corrected chi connectivity index (χ0v) is 17.1. The molecule has 3 aromatic rings. The number of likely N-dealkylation sites (N-methyl/N-ethyl adjacent to an activating group) is 1. The van der Waals surface area contributed by atoms with Crippen molar-refractivity contribution in [2.75, 3.05) is 33.2 Å². The first kappa shape index (κ1) is 20.7. The van der Waals surface area contributed by atoms with Gasteiger partial charge in [0, 0.05) is 26.2 Å². The van der Waals surface area contributed by atoms with Gasteiger partial charge in [-0.1, -0.05) is 42.5 Å². The van der Waals surface area contributed by atoms with Crippen LogP contribution >= 0.6 is 0 Å². The molecule has 1 fully saturated rings. The second-order valence-electron chi connectivity index (χ2n) is 7.47. The number of nitrogens with zero attached hydrogens (tertiary/aromatic N) is 5. The number of carbonyl (C=O) groups excluding carboxylic acids is 1. The van der Waals surface area contributed by atoms with E-state index in [4.69, 9.17) is 0 Å². The molecule has 1 saturated heterocycles. The molecule has 2 heterocycles. The highest BCUT2D eigenvalue weighted by Gasteiger charge is 2.27. The third kappa shape index (κ3) is 4.17. The Morgan fingerprint density at radius 2 is 1.61 bits per heavy atom. The molecular weight excluding hydrogens is 401 g/mol. The van der Waals surface area contributed by atoms with E-state index in [-0.39, 0.29) is 12.2 Å². The third-order valence-electron chi connectivity index (χ3n) is 5.32. The lowest BCUT2D eigenvalue weighted by Gasteiger charge is -2.32. The summed E-state index contributed by atoms with van der Waals surface area (Å²) in [7, 11) is 1.95. The van der Waals surface area contributed by atoms with Crippen LogP contribution in [0.2, 0.25) is 0 Å². The molecule has 4 rings (SSSR count). The van der Waals surface area contributed by atoms with Gasteiger partial charge in [0.15, 0.2) is 0 Å². The van der Waals surface area contributed by atoms with Crippen molar-refractivity contribution in [1.29, 1.82) is 0 Å². The molecule has 0 unspecified atom stereocenters.